The van der Waals surface area contributed by atoms with E-state index < -0.39 is 5.97 Å². The van der Waals surface area contributed by atoms with Crippen molar-refractivity contribution in [2.24, 2.45) is 0 Å². The lowest BCUT2D eigenvalue weighted by Crippen LogP contribution is -2.13. The minimum Gasteiger partial charge on any atom is -0.461 e. The predicted molar refractivity (Wildman–Crippen MR) is 45.5 cm³/mol. The highest BCUT2D eigenvalue weighted by Crippen LogP contribution is 2.08. The standard InChI is InChI=1S/C5H7ClN2O2S/c1-2-10-4(9)3(7)11-5(6)8/h7-8H,2H2,1H3. The number of rotatable bonds is 1. The number of nitrogens with one attached hydrogen (secondary N) is 2. The van der Waals surface area contributed by atoms with Crippen molar-refractivity contribution in [2.75, 3.05) is 6.61 Å². The number of esters is 1. The fourth-order valence-electron chi connectivity index (χ4n) is 0.328. The SMILES string of the molecule is CCOC(=O)C(=N)SC(=N)Cl. The molecule has 0 aromatic rings. The zero-order valence-electron chi connectivity index (χ0n) is 5.81. The smallest absolute Gasteiger partial charge is 0.363 e. The van der Waals surface area contributed by atoms with Gasteiger partial charge in [0.1, 0.15) is 0 Å². The Balaban J connectivity index is 3.83. The Labute approximate surface area is 73.3 Å². The van der Waals surface area contributed by atoms with Crippen molar-refractivity contribution in [1.82, 2.24) is 0 Å². The van der Waals surface area contributed by atoms with Crippen LogP contribution in [0.2, 0.25) is 0 Å². The Hall–Kier alpha value is -0.550. The van der Waals surface area contributed by atoms with Gasteiger partial charge >= 0.3 is 5.97 Å². The van der Waals surface area contributed by atoms with Gasteiger partial charge in [0.05, 0.1) is 6.61 Å². The van der Waals surface area contributed by atoms with Crippen molar-refractivity contribution in [3.8, 4) is 0 Å². The molecule has 6 heteroatoms. The van der Waals surface area contributed by atoms with E-state index in [9.17, 15) is 4.79 Å². The lowest BCUT2D eigenvalue weighted by atomic mass is 10.7. The van der Waals surface area contributed by atoms with Gasteiger partial charge in [0, 0.05) is 0 Å². The van der Waals surface area contributed by atoms with Gasteiger partial charge in [-0.3, -0.25) is 10.8 Å². The van der Waals surface area contributed by atoms with Crippen LogP contribution >= 0.6 is 23.4 Å². The maximum atomic E-state index is 10.7. The van der Waals surface area contributed by atoms with Crippen LogP contribution < -0.4 is 0 Å². The molecule has 0 saturated heterocycles. The highest BCUT2D eigenvalue weighted by molar-refractivity contribution is 8.30. The van der Waals surface area contributed by atoms with Crippen molar-refractivity contribution < 1.29 is 9.53 Å². The molecule has 0 bridgehead atoms. The maximum absolute atomic E-state index is 10.7. The Morgan fingerprint density at radius 1 is 1.64 bits per heavy atom. The zero-order chi connectivity index (χ0) is 8.85. The molecule has 0 spiro atoms. The second-order valence-electron chi connectivity index (χ2n) is 1.43. The third-order valence-electron chi connectivity index (χ3n) is 0.652. The van der Waals surface area contributed by atoms with Gasteiger partial charge < -0.3 is 4.74 Å². The molecule has 2 N–H and O–H groups in total. The quantitative estimate of drug-likeness (QED) is 0.377. The molecule has 0 radical (unpaired) electrons. The summed E-state index contributed by atoms with van der Waals surface area (Å²) in [6.45, 7) is 1.86. The van der Waals surface area contributed by atoms with Crippen LogP contribution in [0.25, 0.3) is 0 Å². The lowest BCUT2D eigenvalue weighted by Gasteiger charge is -1.99. The summed E-state index contributed by atoms with van der Waals surface area (Å²) in [4.78, 5) is 10.7. The average molecular weight is 195 g/mol. The zero-order valence-corrected chi connectivity index (χ0v) is 7.38. The maximum Gasteiger partial charge on any atom is 0.363 e. The molecule has 0 aromatic heterocycles. The molecule has 11 heavy (non-hydrogen) atoms. The molecule has 4 nitrogen and oxygen atoms in total. The fourth-order valence-corrected chi connectivity index (χ4v) is 0.881. The van der Waals surface area contributed by atoms with Crippen molar-refractivity contribution >= 4 is 38.9 Å². The Bertz CT molecular complexity index is 195. The monoisotopic (exact) mass is 194 g/mol. The first kappa shape index (κ1) is 10.4. The van der Waals surface area contributed by atoms with Crippen molar-refractivity contribution in [1.29, 1.82) is 10.8 Å². The molecule has 0 fully saturated rings. The summed E-state index contributed by atoms with van der Waals surface area (Å²) in [5, 5.41) is 13.4. The molecule has 0 rings (SSSR count). The Kier molecular flexibility index (Phi) is 4.89. The number of hydrogen-bond donors (Lipinski definition) is 2. The highest BCUT2D eigenvalue weighted by atomic mass is 35.5. The molecule has 0 saturated carbocycles. The molecular formula is C5H7ClN2O2S. The summed E-state index contributed by atoms with van der Waals surface area (Å²) in [6, 6.07) is 0. The second kappa shape index (κ2) is 5.15. The van der Waals surface area contributed by atoms with Crippen LogP contribution in [0.5, 0.6) is 0 Å². The number of thioether (sulfide) groups is 1. The second-order valence-corrected chi connectivity index (χ2v) is 3.05. The van der Waals surface area contributed by atoms with E-state index in [2.05, 4.69) is 4.74 Å². The number of halogens is 1. The van der Waals surface area contributed by atoms with E-state index in [1.807, 2.05) is 0 Å². The predicted octanol–water partition coefficient (Wildman–Crippen LogP) is 1.43. The normalized spacial score (nSPS) is 8.91. The minimum atomic E-state index is -0.747. The fraction of sp³-hybridized carbons (Fsp3) is 0.400. The van der Waals surface area contributed by atoms with E-state index >= 15 is 0 Å². The van der Waals surface area contributed by atoms with Crippen molar-refractivity contribution in [2.45, 2.75) is 6.92 Å². The Morgan fingerprint density at radius 2 is 2.18 bits per heavy atom. The van der Waals surface area contributed by atoms with Gasteiger partial charge in [0.25, 0.3) is 0 Å². The molecule has 62 valence electrons. The van der Waals surface area contributed by atoms with Gasteiger partial charge in [-0.25, -0.2) is 4.79 Å². The van der Waals surface area contributed by atoms with Gasteiger partial charge in [0.15, 0.2) is 9.55 Å². The number of hydrogen-bond acceptors (Lipinski definition) is 5. The number of carbonyl (C=O) groups is 1. The molecule has 0 aliphatic rings. The van der Waals surface area contributed by atoms with Gasteiger partial charge in [-0.2, -0.15) is 0 Å². The lowest BCUT2D eigenvalue weighted by molar-refractivity contribution is -0.134. The first-order valence-electron chi connectivity index (χ1n) is 2.75. The molecule has 0 atom stereocenters. The van der Waals surface area contributed by atoms with E-state index in [4.69, 9.17) is 22.4 Å². The summed E-state index contributed by atoms with van der Waals surface area (Å²) in [7, 11) is 0. The van der Waals surface area contributed by atoms with Crippen LogP contribution in [-0.2, 0) is 9.53 Å². The third-order valence-corrected chi connectivity index (χ3v) is 1.43. The molecule has 0 aliphatic carbocycles. The molecule has 0 aromatic carbocycles. The van der Waals surface area contributed by atoms with Gasteiger partial charge in [-0.15, -0.1) is 0 Å². The van der Waals surface area contributed by atoms with E-state index in [1.165, 1.54) is 0 Å². The van der Waals surface area contributed by atoms with E-state index in [0.717, 1.165) is 0 Å². The van der Waals surface area contributed by atoms with E-state index in [1.54, 1.807) is 6.92 Å². The van der Waals surface area contributed by atoms with E-state index in [0.29, 0.717) is 11.8 Å². The summed E-state index contributed by atoms with van der Waals surface area (Å²) in [6.07, 6.45) is 0. The van der Waals surface area contributed by atoms with Gasteiger partial charge in [0.2, 0.25) is 0 Å². The molecule has 0 heterocycles. The van der Waals surface area contributed by atoms with Crippen LogP contribution in [0.15, 0.2) is 0 Å². The largest absolute Gasteiger partial charge is 0.461 e. The molecule has 0 unspecified atom stereocenters. The van der Waals surface area contributed by atoms with Crippen LogP contribution in [0.3, 0.4) is 0 Å². The topological polar surface area (TPSA) is 74.0 Å². The van der Waals surface area contributed by atoms with Gasteiger partial charge in [-0.1, -0.05) is 11.6 Å². The summed E-state index contributed by atoms with van der Waals surface area (Å²) >= 11 is 5.67. The third kappa shape index (κ3) is 4.80. The Morgan fingerprint density at radius 3 is 2.55 bits per heavy atom. The molecule has 0 aliphatic heterocycles. The summed E-state index contributed by atoms with van der Waals surface area (Å²) in [5.41, 5.74) is 0. The van der Waals surface area contributed by atoms with Crippen molar-refractivity contribution in [3.63, 3.8) is 0 Å². The minimum absolute atomic E-state index is 0.220. The van der Waals surface area contributed by atoms with Gasteiger partial charge in [-0.05, 0) is 18.7 Å². The van der Waals surface area contributed by atoms with Crippen LogP contribution in [0, 0.1) is 10.8 Å². The highest BCUT2D eigenvalue weighted by Gasteiger charge is 2.11. The van der Waals surface area contributed by atoms with Crippen LogP contribution in [0.1, 0.15) is 6.92 Å². The molecule has 0 amide bonds. The average Bonchev–Trinajstić information content (AvgIpc) is 1.86. The summed E-state index contributed by atoms with van der Waals surface area (Å²) in [5.74, 6) is -0.747. The number of ether oxygens (including phenoxy) is 1. The summed E-state index contributed by atoms with van der Waals surface area (Å²) < 4.78 is 4.15. The van der Waals surface area contributed by atoms with Crippen molar-refractivity contribution in [3.05, 3.63) is 0 Å². The first-order valence-corrected chi connectivity index (χ1v) is 3.95. The first-order chi connectivity index (χ1) is 5.07. The van der Waals surface area contributed by atoms with Crippen LogP contribution in [-0.4, -0.2) is 22.1 Å². The van der Waals surface area contributed by atoms with Crippen LogP contribution in [0.4, 0.5) is 0 Å². The van der Waals surface area contributed by atoms with E-state index in [-0.39, 0.29) is 16.2 Å². The number of carbonyl (C=O) groups excluding carboxylic acids is 1. The molecular weight excluding hydrogens is 188 g/mol.